The highest BCUT2D eigenvalue weighted by atomic mass is 32.1. The van der Waals surface area contributed by atoms with E-state index >= 15 is 0 Å². The van der Waals surface area contributed by atoms with Crippen LogP contribution in [0.2, 0.25) is 0 Å². The van der Waals surface area contributed by atoms with E-state index in [4.69, 9.17) is 0 Å². The van der Waals surface area contributed by atoms with Gasteiger partial charge >= 0.3 is 0 Å². The minimum Gasteiger partial charge on any atom is -0.349 e. The van der Waals surface area contributed by atoms with Crippen molar-refractivity contribution in [2.45, 2.75) is 45.7 Å². The molecule has 2 N–H and O–H groups in total. The number of fused-ring (bicyclic) bond motifs is 1. The number of guanidine groups is 1. The molecule has 7 heteroatoms. The average molecular weight is 333 g/mol. The fourth-order valence-corrected chi connectivity index (χ4v) is 3.71. The topological polar surface area (TPSA) is 73.4 Å². The van der Waals surface area contributed by atoms with Gasteiger partial charge < -0.3 is 15.2 Å². The van der Waals surface area contributed by atoms with Gasteiger partial charge in [0.15, 0.2) is 5.96 Å². The fraction of sp³-hybridized carbons (Fsp3) is 0.562. The maximum atomic E-state index is 12.1. The second kappa shape index (κ2) is 6.31. The van der Waals surface area contributed by atoms with Crippen molar-refractivity contribution < 1.29 is 0 Å². The lowest BCUT2D eigenvalue weighted by atomic mass is 9.98. The van der Waals surface area contributed by atoms with E-state index in [1.165, 1.54) is 11.3 Å². The summed E-state index contributed by atoms with van der Waals surface area (Å²) in [7, 11) is 0. The molecule has 1 unspecified atom stereocenters. The quantitative estimate of drug-likeness (QED) is 0.881. The molecular formula is C16H23N5OS. The van der Waals surface area contributed by atoms with Crippen LogP contribution in [0.25, 0.3) is 10.2 Å². The monoisotopic (exact) mass is 333 g/mol. The highest BCUT2D eigenvalue weighted by molar-refractivity contribution is 7.17. The van der Waals surface area contributed by atoms with Crippen molar-refractivity contribution in [3.05, 3.63) is 27.6 Å². The van der Waals surface area contributed by atoms with E-state index < -0.39 is 0 Å². The molecule has 0 amide bonds. The summed E-state index contributed by atoms with van der Waals surface area (Å²) in [5, 5.41) is 5.44. The van der Waals surface area contributed by atoms with Crippen LogP contribution in [0.3, 0.4) is 0 Å². The summed E-state index contributed by atoms with van der Waals surface area (Å²) in [6.45, 7) is 8.62. The molecule has 0 fully saturated rings. The Labute approximate surface area is 139 Å². The molecule has 3 rings (SSSR count). The van der Waals surface area contributed by atoms with Gasteiger partial charge in [0.2, 0.25) is 0 Å². The summed E-state index contributed by atoms with van der Waals surface area (Å²) < 4.78 is 0.684. The number of aromatic amines is 1. The summed E-state index contributed by atoms with van der Waals surface area (Å²) in [5.74, 6) is 1.58. The smallest absolute Gasteiger partial charge is 0.268 e. The SMILES string of the molecule is CCCC1(C)CN=C(N(CC)Cc2nc3ccsc3c(=O)[nH]2)N1. The maximum Gasteiger partial charge on any atom is 0.268 e. The van der Waals surface area contributed by atoms with E-state index in [2.05, 4.69) is 45.9 Å². The van der Waals surface area contributed by atoms with Crippen molar-refractivity contribution in [2.75, 3.05) is 13.1 Å². The number of thiophene rings is 1. The van der Waals surface area contributed by atoms with Gasteiger partial charge in [-0.25, -0.2) is 4.98 Å². The number of aliphatic imine (C=N–C) groups is 1. The number of hydrogen-bond donors (Lipinski definition) is 2. The van der Waals surface area contributed by atoms with Crippen molar-refractivity contribution >= 4 is 27.5 Å². The van der Waals surface area contributed by atoms with Crippen LogP contribution >= 0.6 is 11.3 Å². The molecule has 2 aromatic rings. The molecule has 1 atom stereocenters. The number of H-pyrrole nitrogens is 1. The zero-order chi connectivity index (χ0) is 16.4. The summed E-state index contributed by atoms with van der Waals surface area (Å²) in [6.07, 6.45) is 2.22. The van der Waals surface area contributed by atoms with E-state index in [1.54, 1.807) is 0 Å². The third kappa shape index (κ3) is 3.24. The summed E-state index contributed by atoms with van der Waals surface area (Å²) >= 11 is 1.42. The van der Waals surface area contributed by atoms with E-state index in [9.17, 15) is 4.79 Å². The minimum absolute atomic E-state index is 0.0374. The molecule has 0 saturated heterocycles. The lowest BCUT2D eigenvalue weighted by Crippen LogP contribution is -2.48. The van der Waals surface area contributed by atoms with E-state index in [1.807, 2.05) is 11.4 Å². The second-order valence-corrected chi connectivity index (χ2v) is 7.15. The largest absolute Gasteiger partial charge is 0.349 e. The van der Waals surface area contributed by atoms with Gasteiger partial charge in [-0.1, -0.05) is 13.3 Å². The number of rotatable bonds is 5. The van der Waals surface area contributed by atoms with Crippen LogP contribution in [-0.4, -0.2) is 39.5 Å². The molecule has 0 aromatic carbocycles. The van der Waals surface area contributed by atoms with Gasteiger partial charge in [0.05, 0.1) is 24.1 Å². The molecule has 0 bridgehead atoms. The number of nitrogens with zero attached hydrogens (tertiary/aromatic N) is 3. The number of nitrogens with one attached hydrogen (secondary N) is 2. The Bertz CT molecular complexity index is 780. The summed E-state index contributed by atoms with van der Waals surface area (Å²) in [6, 6.07) is 1.89. The van der Waals surface area contributed by atoms with E-state index in [0.29, 0.717) is 17.1 Å². The first-order chi connectivity index (χ1) is 11.0. The predicted octanol–water partition coefficient (Wildman–Crippen LogP) is 2.32. The third-order valence-corrected chi connectivity index (χ3v) is 5.08. The first-order valence-corrected chi connectivity index (χ1v) is 8.96. The molecular weight excluding hydrogens is 310 g/mol. The molecule has 0 aliphatic carbocycles. The molecule has 0 saturated carbocycles. The second-order valence-electron chi connectivity index (χ2n) is 6.24. The van der Waals surface area contributed by atoms with Crippen LogP contribution in [-0.2, 0) is 6.54 Å². The standard InChI is InChI=1S/C16H23N5OS/c1-4-7-16(3)10-17-15(20-16)21(5-2)9-12-18-11-6-8-23-13(11)14(22)19-12/h6,8H,4-5,7,9-10H2,1-3H3,(H,17,20)(H,18,19,22). The van der Waals surface area contributed by atoms with Gasteiger partial charge in [0.25, 0.3) is 5.56 Å². The van der Waals surface area contributed by atoms with Crippen molar-refractivity contribution in [2.24, 2.45) is 4.99 Å². The highest BCUT2D eigenvalue weighted by Gasteiger charge is 2.31. The molecule has 1 aliphatic heterocycles. The lowest BCUT2D eigenvalue weighted by Gasteiger charge is -2.28. The molecule has 124 valence electrons. The molecule has 2 aromatic heterocycles. The van der Waals surface area contributed by atoms with Gasteiger partial charge in [-0.15, -0.1) is 11.3 Å². The molecule has 0 radical (unpaired) electrons. The fourth-order valence-electron chi connectivity index (χ4n) is 2.98. The van der Waals surface area contributed by atoms with Crippen LogP contribution in [0.5, 0.6) is 0 Å². The summed E-state index contributed by atoms with van der Waals surface area (Å²) in [4.78, 5) is 26.3. The normalized spacial score (nSPS) is 20.6. The van der Waals surface area contributed by atoms with Crippen LogP contribution in [0.1, 0.15) is 39.4 Å². The Kier molecular flexibility index (Phi) is 4.39. The van der Waals surface area contributed by atoms with Gasteiger partial charge in [-0.2, -0.15) is 0 Å². The van der Waals surface area contributed by atoms with Crippen LogP contribution < -0.4 is 10.9 Å². The molecule has 23 heavy (non-hydrogen) atoms. The Hall–Kier alpha value is -1.89. The molecule has 3 heterocycles. The molecule has 0 spiro atoms. The van der Waals surface area contributed by atoms with Gasteiger partial charge in [-0.3, -0.25) is 9.79 Å². The van der Waals surface area contributed by atoms with E-state index in [0.717, 1.165) is 37.4 Å². The average Bonchev–Trinajstić information content (AvgIpc) is 3.12. The minimum atomic E-state index is -0.0619. The zero-order valence-electron chi connectivity index (χ0n) is 13.8. The Morgan fingerprint density at radius 1 is 1.43 bits per heavy atom. The van der Waals surface area contributed by atoms with Crippen LogP contribution in [0.4, 0.5) is 0 Å². The molecule has 6 nitrogen and oxygen atoms in total. The predicted molar refractivity (Wildman–Crippen MR) is 95.1 cm³/mol. The Balaban J connectivity index is 1.78. The first kappa shape index (κ1) is 16.0. The van der Waals surface area contributed by atoms with Crippen molar-refractivity contribution in [1.82, 2.24) is 20.2 Å². The molecule has 1 aliphatic rings. The number of aromatic nitrogens is 2. The van der Waals surface area contributed by atoms with Gasteiger partial charge in [0.1, 0.15) is 10.5 Å². The maximum absolute atomic E-state index is 12.1. The van der Waals surface area contributed by atoms with Gasteiger partial charge in [-0.05, 0) is 31.7 Å². The van der Waals surface area contributed by atoms with Crippen molar-refractivity contribution in [1.29, 1.82) is 0 Å². The van der Waals surface area contributed by atoms with Gasteiger partial charge in [0, 0.05) is 6.54 Å². The third-order valence-electron chi connectivity index (χ3n) is 4.18. The first-order valence-electron chi connectivity index (χ1n) is 8.08. The Morgan fingerprint density at radius 3 is 3.00 bits per heavy atom. The van der Waals surface area contributed by atoms with Crippen LogP contribution in [0, 0.1) is 0 Å². The van der Waals surface area contributed by atoms with Crippen molar-refractivity contribution in [3.8, 4) is 0 Å². The van der Waals surface area contributed by atoms with Crippen LogP contribution in [0.15, 0.2) is 21.2 Å². The number of hydrogen-bond acceptors (Lipinski definition) is 6. The van der Waals surface area contributed by atoms with E-state index in [-0.39, 0.29) is 11.1 Å². The lowest BCUT2D eigenvalue weighted by molar-refractivity contribution is 0.373. The Morgan fingerprint density at radius 2 is 2.26 bits per heavy atom. The van der Waals surface area contributed by atoms with Crippen molar-refractivity contribution in [3.63, 3.8) is 0 Å². The highest BCUT2D eigenvalue weighted by Crippen LogP contribution is 2.19. The zero-order valence-corrected chi connectivity index (χ0v) is 14.7. The summed E-state index contributed by atoms with van der Waals surface area (Å²) in [5.41, 5.74) is 0.741.